The largest absolute Gasteiger partial charge is 0.398 e. The molecule has 2 N–H and O–H groups in total. The third-order valence-electron chi connectivity index (χ3n) is 1.61. The minimum atomic E-state index is 0.171. The van der Waals surface area contributed by atoms with Crippen LogP contribution in [0.3, 0.4) is 0 Å². The van der Waals surface area contributed by atoms with Gasteiger partial charge in [0.2, 0.25) is 0 Å². The molecule has 0 spiro atoms. The van der Waals surface area contributed by atoms with Gasteiger partial charge in [-0.25, -0.2) is 0 Å². The Morgan fingerprint density at radius 2 is 2.08 bits per heavy atom. The summed E-state index contributed by atoms with van der Waals surface area (Å²) in [6.45, 7) is 0. The number of benzene rings is 1. The molecule has 0 aliphatic heterocycles. The fourth-order valence-corrected chi connectivity index (χ4v) is 1.14. The van der Waals surface area contributed by atoms with E-state index in [-0.39, 0.29) is 6.42 Å². The highest BCUT2D eigenvalue weighted by atomic mass is 35.5. The number of hydrogen-bond donors (Lipinski definition) is 1. The zero-order valence-electron chi connectivity index (χ0n) is 6.71. The Labute approximate surface area is 81.0 Å². The van der Waals surface area contributed by atoms with E-state index < -0.39 is 0 Å². The van der Waals surface area contributed by atoms with E-state index in [1.807, 2.05) is 12.1 Å². The number of nitriles is 2. The lowest BCUT2D eigenvalue weighted by molar-refractivity contribution is 1.24. The molecule has 13 heavy (non-hydrogen) atoms. The number of anilines is 1. The maximum absolute atomic E-state index is 8.70. The Balaban J connectivity index is 3.28. The third kappa shape index (κ3) is 1.90. The summed E-state index contributed by atoms with van der Waals surface area (Å²) in [6, 6.07) is 6.95. The minimum Gasteiger partial charge on any atom is -0.398 e. The number of nitrogens with zero attached hydrogens (tertiary/aromatic N) is 2. The van der Waals surface area contributed by atoms with Gasteiger partial charge in [-0.15, -0.1) is 0 Å². The predicted octanol–water partition coefficient (Wildman–Crippen LogP) is 1.86. The summed E-state index contributed by atoms with van der Waals surface area (Å²) in [5.74, 6) is 0. The fraction of sp³-hybridized carbons (Fsp3) is 0.111. The highest BCUT2D eigenvalue weighted by Crippen LogP contribution is 2.23. The van der Waals surface area contributed by atoms with Crippen LogP contribution in [0.4, 0.5) is 5.69 Å². The van der Waals surface area contributed by atoms with Crippen LogP contribution in [0, 0.1) is 22.7 Å². The second-order valence-electron chi connectivity index (χ2n) is 2.48. The number of nitrogens with two attached hydrogens (primary N) is 1. The molecule has 0 radical (unpaired) electrons. The van der Waals surface area contributed by atoms with Crippen LogP contribution in [-0.2, 0) is 6.42 Å². The lowest BCUT2D eigenvalue weighted by atomic mass is 10.1. The van der Waals surface area contributed by atoms with Crippen LogP contribution in [0.15, 0.2) is 12.1 Å². The first-order valence-electron chi connectivity index (χ1n) is 3.54. The lowest BCUT2D eigenvalue weighted by Gasteiger charge is -2.02. The first-order chi connectivity index (χ1) is 6.19. The molecule has 0 aliphatic carbocycles. The van der Waals surface area contributed by atoms with E-state index in [4.69, 9.17) is 27.9 Å². The van der Waals surface area contributed by atoms with Crippen molar-refractivity contribution in [3.63, 3.8) is 0 Å². The smallest absolute Gasteiger partial charge is 0.0995 e. The highest BCUT2D eigenvalue weighted by Gasteiger charge is 2.05. The van der Waals surface area contributed by atoms with Crippen molar-refractivity contribution in [1.82, 2.24) is 0 Å². The van der Waals surface area contributed by atoms with Gasteiger partial charge >= 0.3 is 0 Å². The van der Waals surface area contributed by atoms with Crippen LogP contribution in [0.25, 0.3) is 0 Å². The molecule has 64 valence electrons. The molecule has 0 saturated carbocycles. The van der Waals surface area contributed by atoms with Crippen molar-refractivity contribution in [1.29, 1.82) is 10.5 Å². The number of halogens is 1. The van der Waals surface area contributed by atoms with Crippen molar-refractivity contribution in [2.24, 2.45) is 0 Å². The Kier molecular flexibility index (Phi) is 2.74. The van der Waals surface area contributed by atoms with Crippen molar-refractivity contribution in [2.75, 3.05) is 5.73 Å². The van der Waals surface area contributed by atoms with Crippen molar-refractivity contribution in [3.05, 3.63) is 28.3 Å². The zero-order valence-corrected chi connectivity index (χ0v) is 7.47. The van der Waals surface area contributed by atoms with Crippen LogP contribution in [-0.4, -0.2) is 0 Å². The van der Waals surface area contributed by atoms with Crippen LogP contribution in [0.1, 0.15) is 11.1 Å². The number of nitrogen functional groups attached to an aromatic ring is 1. The van der Waals surface area contributed by atoms with E-state index in [0.29, 0.717) is 21.8 Å². The normalized spacial score (nSPS) is 8.85. The second kappa shape index (κ2) is 3.80. The van der Waals surface area contributed by atoms with Crippen molar-refractivity contribution in [2.45, 2.75) is 6.42 Å². The molecule has 0 aliphatic rings. The molecule has 3 nitrogen and oxygen atoms in total. The first kappa shape index (κ1) is 9.38. The van der Waals surface area contributed by atoms with E-state index in [1.165, 1.54) is 6.07 Å². The molecule has 0 amide bonds. The summed E-state index contributed by atoms with van der Waals surface area (Å²) in [5, 5.41) is 17.5. The minimum absolute atomic E-state index is 0.171. The molecule has 0 atom stereocenters. The van der Waals surface area contributed by atoms with Crippen LogP contribution < -0.4 is 5.73 Å². The van der Waals surface area contributed by atoms with Gasteiger partial charge in [0.15, 0.2) is 0 Å². The molecule has 0 aromatic heterocycles. The molecule has 1 rings (SSSR count). The fourth-order valence-electron chi connectivity index (χ4n) is 0.973. The lowest BCUT2D eigenvalue weighted by Crippen LogP contribution is -1.93. The average Bonchev–Trinajstić information content (AvgIpc) is 2.11. The molecule has 0 saturated heterocycles. The molecule has 0 fully saturated rings. The maximum atomic E-state index is 8.70. The van der Waals surface area contributed by atoms with Gasteiger partial charge in [-0.2, -0.15) is 10.5 Å². The molecular formula is C9H6ClN3. The Bertz CT molecular complexity index is 412. The summed E-state index contributed by atoms with van der Waals surface area (Å²) in [4.78, 5) is 0. The molecule has 0 unspecified atom stereocenters. The Morgan fingerprint density at radius 3 is 2.62 bits per heavy atom. The molecule has 4 heteroatoms. The van der Waals surface area contributed by atoms with Gasteiger partial charge < -0.3 is 5.73 Å². The quantitative estimate of drug-likeness (QED) is 0.689. The van der Waals surface area contributed by atoms with Gasteiger partial charge in [0.25, 0.3) is 0 Å². The SMILES string of the molecule is N#CCc1cc(N)c(Cl)cc1C#N. The highest BCUT2D eigenvalue weighted by molar-refractivity contribution is 6.33. The van der Waals surface area contributed by atoms with Gasteiger partial charge in [0, 0.05) is 0 Å². The molecule has 0 bridgehead atoms. The van der Waals surface area contributed by atoms with Crippen molar-refractivity contribution in [3.8, 4) is 12.1 Å². The number of hydrogen-bond acceptors (Lipinski definition) is 3. The van der Waals surface area contributed by atoms with Gasteiger partial charge in [-0.3, -0.25) is 0 Å². The summed E-state index contributed by atoms with van der Waals surface area (Å²) >= 11 is 5.71. The van der Waals surface area contributed by atoms with E-state index in [0.717, 1.165) is 0 Å². The average molecular weight is 192 g/mol. The molecule has 0 heterocycles. The number of rotatable bonds is 1. The Hall–Kier alpha value is -1.71. The standard InChI is InChI=1S/C9H6ClN3/c10-8-3-7(5-12)6(1-2-11)4-9(8)13/h3-4H,1,13H2. The topological polar surface area (TPSA) is 73.6 Å². The summed E-state index contributed by atoms with van der Waals surface area (Å²) in [6.07, 6.45) is 0.171. The zero-order chi connectivity index (χ0) is 9.84. The van der Waals surface area contributed by atoms with E-state index in [2.05, 4.69) is 0 Å². The molecular weight excluding hydrogens is 186 g/mol. The molecule has 1 aromatic carbocycles. The van der Waals surface area contributed by atoms with Gasteiger partial charge in [0.1, 0.15) is 0 Å². The van der Waals surface area contributed by atoms with Gasteiger partial charge in [0.05, 0.1) is 34.8 Å². The first-order valence-corrected chi connectivity index (χ1v) is 3.91. The second-order valence-corrected chi connectivity index (χ2v) is 2.88. The van der Waals surface area contributed by atoms with Crippen LogP contribution in [0.5, 0.6) is 0 Å². The predicted molar refractivity (Wildman–Crippen MR) is 49.9 cm³/mol. The van der Waals surface area contributed by atoms with Crippen LogP contribution in [0.2, 0.25) is 5.02 Å². The maximum Gasteiger partial charge on any atom is 0.0995 e. The third-order valence-corrected chi connectivity index (χ3v) is 1.94. The summed E-state index contributed by atoms with van der Waals surface area (Å²) < 4.78 is 0. The van der Waals surface area contributed by atoms with Crippen molar-refractivity contribution < 1.29 is 0 Å². The van der Waals surface area contributed by atoms with Gasteiger partial charge in [-0.05, 0) is 17.7 Å². The van der Waals surface area contributed by atoms with E-state index in [9.17, 15) is 0 Å². The molecule has 1 aromatic rings. The Morgan fingerprint density at radius 1 is 1.38 bits per heavy atom. The van der Waals surface area contributed by atoms with E-state index in [1.54, 1.807) is 6.07 Å². The summed E-state index contributed by atoms with van der Waals surface area (Å²) in [7, 11) is 0. The summed E-state index contributed by atoms with van der Waals surface area (Å²) in [5.41, 5.74) is 6.94. The van der Waals surface area contributed by atoms with Crippen molar-refractivity contribution >= 4 is 17.3 Å². The van der Waals surface area contributed by atoms with Gasteiger partial charge in [-0.1, -0.05) is 11.6 Å². The monoisotopic (exact) mass is 191 g/mol. The van der Waals surface area contributed by atoms with E-state index >= 15 is 0 Å². The van der Waals surface area contributed by atoms with Crippen LogP contribution >= 0.6 is 11.6 Å².